The van der Waals surface area contributed by atoms with E-state index in [9.17, 15) is 4.79 Å². The smallest absolute Gasteiger partial charge is 0.313 e. The van der Waals surface area contributed by atoms with Crippen LogP contribution in [0.25, 0.3) is 22.3 Å². The number of carboxylic acid groups (broad SMARTS) is 1. The molecule has 100 valence electrons. The summed E-state index contributed by atoms with van der Waals surface area (Å²) in [7, 11) is 0. The van der Waals surface area contributed by atoms with Crippen molar-refractivity contribution < 1.29 is 9.90 Å². The van der Waals surface area contributed by atoms with Gasteiger partial charge in [-0.25, -0.2) is 4.98 Å². The average molecular weight is 286 g/mol. The van der Waals surface area contributed by atoms with E-state index in [2.05, 4.69) is 20.2 Å². The highest BCUT2D eigenvalue weighted by atomic mass is 32.2. The van der Waals surface area contributed by atoms with Crippen molar-refractivity contribution in [1.82, 2.24) is 20.2 Å². The first-order valence-electron chi connectivity index (χ1n) is 5.84. The van der Waals surface area contributed by atoms with Gasteiger partial charge in [0.1, 0.15) is 0 Å². The van der Waals surface area contributed by atoms with Crippen LogP contribution in [0.3, 0.4) is 0 Å². The average Bonchev–Trinajstić information content (AvgIpc) is 2.93. The number of pyridine rings is 1. The number of carbonyl (C=O) groups is 1. The summed E-state index contributed by atoms with van der Waals surface area (Å²) in [6, 6.07) is 9.76. The van der Waals surface area contributed by atoms with Gasteiger partial charge in [0.05, 0.1) is 11.3 Å². The van der Waals surface area contributed by atoms with Crippen molar-refractivity contribution in [1.29, 1.82) is 0 Å². The molecule has 0 radical (unpaired) electrons. The molecule has 0 atom stereocenters. The van der Waals surface area contributed by atoms with E-state index < -0.39 is 5.97 Å². The number of H-pyrrole nitrogens is 1. The van der Waals surface area contributed by atoms with Crippen molar-refractivity contribution in [3.8, 4) is 11.4 Å². The lowest BCUT2D eigenvalue weighted by molar-refractivity contribution is -0.133. The van der Waals surface area contributed by atoms with Gasteiger partial charge in [-0.1, -0.05) is 30.0 Å². The van der Waals surface area contributed by atoms with Gasteiger partial charge in [-0.2, -0.15) is 0 Å². The predicted octanol–water partition coefficient (Wildman–Crippen LogP) is 2.20. The summed E-state index contributed by atoms with van der Waals surface area (Å²) < 4.78 is 0. The molecule has 0 spiro atoms. The van der Waals surface area contributed by atoms with Gasteiger partial charge in [0.25, 0.3) is 0 Å². The number of para-hydroxylation sites is 1. The number of aromatic amines is 1. The zero-order valence-corrected chi connectivity index (χ0v) is 11.1. The molecule has 0 aliphatic rings. The molecule has 6 nitrogen and oxygen atoms in total. The molecule has 0 bridgehead atoms. The van der Waals surface area contributed by atoms with Crippen LogP contribution in [0.5, 0.6) is 0 Å². The first-order valence-corrected chi connectivity index (χ1v) is 6.83. The molecule has 0 amide bonds. The SMILES string of the molecule is O=C(O)CSc1n[nH]c(-c2cnc3ccccc3c2)n1. The Morgan fingerprint density at radius 3 is 3.05 bits per heavy atom. The Morgan fingerprint density at radius 2 is 2.20 bits per heavy atom. The van der Waals surface area contributed by atoms with Crippen LogP contribution in [-0.4, -0.2) is 37.0 Å². The van der Waals surface area contributed by atoms with E-state index in [0.717, 1.165) is 28.2 Å². The molecule has 2 heterocycles. The number of rotatable bonds is 4. The first-order chi connectivity index (χ1) is 9.72. The lowest BCUT2D eigenvalue weighted by atomic mass is 10.1. The van der Waals surface area contributed by atoms with E-state index in [1.807, 2.05) is 30.3 Å². The van der Waals surface area contributed by atoms with Crippen LogP contribution in [0.15, 0.2) is 41.7 Å². The number of aromatic nitrogens is 4. The molecule has 1 aromatic carbocycles. The molecule has 0 unspecified atom stereocenters. The largest absolute Gasteiger partial charge is 0.481 e. The molecule has 3 rings (SSSR count). The summed E-state index contributed by atoms with van der Waals surface area (Å²) in [5, 5.41) is 16.8. The summed E-state index contributed by atoms with van der Waals surface area (Å²) in [4.78, 5) is 19.1. The fourth-order valence-electron chi connectivity index (χ4n) is 1.77. The number of carboxylic acids is 1. The maximum atomic E-state index is 10.5. The van der Waals surface area contributed by atoms with Gasteiger partial charge >= 0.3 is 5.97 Å². The molecule has 20 heavy (non-hydrogen) atoms. The minimum Gasteiger partial charge on any atom is -0.481 e. The molecule has 0 aliphatic carbocycles. The van der Waals surface area contributed by atoms with Crippen molar-refractivity contribution in [3.63, 3.8) is 0 Å². The summed E-state index contributed by atoms with van der Waals surface area (Å²) >= 11 is 1.07. The Hall–Kier alpha value is -2.41. The quantitative estimate of drug-likeness (QED) is 0.714. The monoisotopic (exact) mass is 286 g/mol. The number of hydrogen-bond donors (Lipinski definition) is 2. The fraction of sp³-hybridized carbons (Fsp3) is 0.0769. The van der Waals surface area contributed by atoms with Crippen molar-refractivity contribution in [2.75, 3.05) is 5.75 Å². The third-order valence-electron chi connectivity index (χ3n) is 2.65. The molecule has 0 aliphatic heterocycles. The molecular weight excluding hydrogens is 276 g/mol. The Kier molecular flexibility index (Phi) is 3.34. The summed E-state index contributed by atoms with van der Waals surface area (Å²) in [5.41, 5.74) is 1.73. The highest BCUT2D eigenvalue weighted by Gasteiger charge is 2.09. The van der Waals surface area contributed by atoms with Gasteiger partial charge in [-0.3, -0.25) is 14.9 Å². The van der Waals surface area contributed by atoms with Crippen molar-refractivity contribution in [3.05, 3.63) is 36.5 Å². The molecule has 0 fully saturated rings. The van der Waals surface area contributed by atoms with Crippen LogP contribution >= 0.6 is 11.8 Å². The molecule has 0 saturated carbocycles. The van der Waals surface area contributed by atoms with Crippen molar-refractivity contribution >= 4 is 28.6 Å². The number of thioether (sulfide) groups is 1. The maximum Gasteiger partial charge on any atom is 0.313 e. The van der Waals surface area contributed by atoms with Gasteiger partial charge in [-0.15, -0.1) is 5.10 Å². The van der Waals surface area contributed by atoms with Gasteiger partial charge in [-0.05, 0) is 12.1 Å². The zero-order valence-electron chi connectivity index (χ0n) is 10.3. The number of aliphatic carboxylic acids is 1. The molecular formula is C13H10N4O2S. The molecule has 7 heteroatoms. The van der Waals surface area contributed by atoms with E-state index in [4.69, 9.17) is 5.11 Å². The minimum absolute atomic E-state index is 0.0622. The first kappa shape index (κ1) is 12.6. The zero-order chi connectivity index (χ0) is 13.9. The predicted molar refractivity (Wildman–Crippen MR) is 75.5 cm³/mol. The van der Waals surface area contributed by atoms with Crippen LogP contribution < -0.4 is 0 Å². The Labute approximate surface area is 118 Å². The van der Waals surface area contributed by atoms with E-state index >= 15 is 0 Å². The third kappa shape index (κ3) is 2.62. The van der Waals surface area contributed by atoms with Gasteiger partial charge in [0.15, 0.2) is 5.82 Å². The van der Waals surface area contributed by atoms with Crippen LogP contribution in [0.4, 0.5) is 0 Å². The normalized spacial score (nSPS) is 10.8. The molecule has 2 N–H and O–H groups in total. The summed E-state index contributed by atoms with van der Waals surface area (Å²) in [6.07, 6.45) is 1.72. The second-order valence-corrected chi connectivity index (χ2v) is 5.01. The Morgan fingerprint density at radius 1 is 1.35 bits per heavy atom. The summed E-state index contributed by atoms with van der Waals surface area (Å²) in [5.74, 6) is -0.377. The Bertz CT molecular complexity index is 772. The van der Waals surface area contributed by atoms with E-state index in [-0.39, 0.29) is 5.75 Å². The van der Waals surface area contributed by atoms with Crippen LogP contribution in [0.2, 0.25) is 0 Å². The van der Waals surface area contributed by atoms with Gasteiger partial charge < -0.3 is 5.11 Å². The third-order valence-corrected chi connectivity index (χ3v) is 3.49. The van der Waals surface area contributed by atoms with E-state index in [1.165, 1.54) is 0 Å². The second-order valence-electron chi connectivity index (χ2n) is 4.07. The highest BCUT2D eigenvalue weighted by molar-refractivity contribution is 7.99. The Balaban J connectivity index is 1.89. The van der Waals surface area contributed by atoms with Crippen LogP contribution in [0, 0.1) is 0 Å². The van der Waals surface area contributed by atoms with Gasteiger partial charge in [0, 0.05) is 17.1 Å². The summed E-state index contributed by atoms with van der Waals surface area (Å²) in [6.45, 7) is 0. The topological polar surface area (TPSA) is 91.8 Å². The lowest BCUT2D eigenvalue weighted by Crippen LogP contribution is -1.97. The van der Waals surface area contributed by atoms with E-state index in [0.29, 0.717) is 11.0 Å². The number of nitrogens with zero attached hydrogens (tertiary/aromatic N) is 3. The maximum absolute atomic E-state index is 10.5. The molecule has 3 aromatic rings. The molecule has 2 aromatic heterocycles. The second kappa shape index (κ2) is 5.30. The molecule has 0 saturated heterocycles. The lowest BCUT2D eigenvalue weighted by Gasteiger charge is -1.99. The minimum atomic E-state index is -0.895. The van der Waals surface area contributed by atoms with Crippen molar-refractivity contribution in [2.45, 2.75) is 5.16 Å². The highest BCUT2D eigenvalue weighted by Crippen LogP contribution is 2.21. The number of nitrogens with one attached hydrogen (secondary N) is 1. The van der Waals surface area contributed by atoms with Crippen LogP contribution in [0.1, 0.15) is 0 Å². The number of hydrogen-bond acceptors (Lipinski definition) is 5. The number of benzene rings is 1. The van der Waals surface area contributed by atoms with Gasteiger partial charge in [0.2, 0.25) is 5.16 Å². The number of fused-ring (bicyclic) bond motifs is 1. The fourth-order valence-corrected chi connectivity index (χ4v) is 2.29. The van der Waals surface area contributed by atoms with Crippen molar-refractivity contribution in [2.24, 2.45) is 0 Å². The van der Waals surface area contributed by atoms with Crippen LogP contribution in [-0.2, 0) is 4.79 Å². The van der Waals surface area contributed by atoms with E-state index in [1.54, 1.807) is 6.20 Å². The standard InChI is InChI=1S/C13H10N4O2S/c18-11(19)7-20-13-15-12(16-17-13)9-5-8-3-1-2-4-10(8)14-6-9/h1-6H,7H2,(H,18,19)(H,15,16,17).